The van der Waals surface area contributed by atoms with Crippen molar-refractivity contribution in [2.45, 2.75) is 33.2 Å². The van der Waals surface area contributed by atoms with Crippen LogP contribution in [0.15, 0.2) is 54.6 Å². The highest BCUT2D eigenvalue weighted by Crippen LogP contribution is 2.47. The average molecular weight is 424 g/mol. The van der Waals surface area contributed by atoms with E-state index >= 15 is 0 Å². The molecule has 0 fully saturated rings. The Morgan fingerprint density at radius 1 is 1.07 bits per heavy atom. The second-order valence-corrected chi connectivity index (χ2v) is 9.00. The molecule has 30 heavy (non-hydrogen) atoms. The van der Waals surface area contributed by atoms with Gasteiger partial charge < -0.3 is 14.4 Å². The number of aromatic nitrogens is 1. The first kappa shape index (κ1) is 20.7. The van der Waals surface area contributed by atoms with Crippen molar-refractivity contribution in [2.75, 3.05) is 13.2 Å². The molecule has 1 aromatic heterocycles. The van der Waals surface area contributed by atoms with Crippen LogP contribution in [-0.2, 0) is 28.9 Å². The molecule has 5 heteroatoms. The van der Waals surface area contributed by atoms with Crippen molar-refractivity contribution in [1.82, 2.24) is 4.57 Å². The zero-order valence-electron chi connectivity index (χ0n) is 17.3. The quantitative estimate of drug-likeness (QED) is 0.559. The zero-order valence-corrected chi connectivity index (χ0v) is 18.1. The molecule has 1 N–H and O–H groups in total. The number of esters is 1. The maximum absolute atomic E-state index is 12.5. The third-order valence-corrected chi connectivity index (χ3v) is 5.82. The van der Waals surface area contributed by atoms with Crippen LogP contribution in [0.25, 0.3) is 22.3 Å². The summed E-state index contributed by atoms with van der Waals surface area (Å²) in [6, 6.07) is 18.1. The van der Waals surface area contributed by atoms with Gasteiger partial charge in [-0.05, 0) is 35.1 Å². The van der Waals surface area contributed by atoms with Crippen LogP contribution < -0.4 is 0 Å². The second-order valence-electron chi connectivity index (χ2n) is 8.56. The molecule has 156 valence electrons. The van der Waals surface area contributed by atoms with E-state index in [9.17, 15) is 4.79 Å². The van der Waals surface area contributed by atoms with Gasteiger partial charge in [-0.15, -0.1) is 0 Å². The van der Waals surface area contributed by atoms with Gasteiger partial charge in [-0.3, -0.25) is 4.79 Å². The summed E-state index contributed by atoms with van der Waals surface area (Å²) in [6.45, 7) is 5.19. The molecule has 2 aromatic carbocycles. The maximum atomic E-state index is 12.5. The Morgan fingerprint density at radius 3 is 2.40 bits per heavy atom. The first-order valence-electron chi connectivity index (χ1n) is 10.2. The van der Waals surface area contributed by atoms with Gasteiger partial charge in [-0.1, -0.05) is 67.9 Å². The van der Waals surface area contributed by atoms with Gasteiger partial charge in [0.15, 0.2) is 0 Å². The minimum absolute atomic E-state index is 0.0136. The van der Waals surface area contributed by atoms with Crippen LogP contribution in [0, 0.1) is 5.41 Å². The molecule has 0 bridgehead atoms. The van der Waals surface area contributed by atoms with Crippen molar-refractivity contribution in [2.24, 2.45) is 5.41 Å². The summed E-state index contributed by atoms with van der Waals surface area (Å²) in [6.07, 6.45) is 1.09. The molecule has 4 rings (SSSR count). The SMILES string of the molecule is CC1(C)Cc2c(-c3ccccc3)c(-c3ccc(Cl)cc3)c(CC(=O)OCCO)n2C1. The van der Waals surface area contributed by atoms with Crippen molar-refractivity contribution in [3.63, 3.8) is 0 Å². The van der Waals surface area contributed by atoms with Gasteiger partial charge in [0.2, 0.25) is 0 Å². The van der Waals surface area contributed by atoms with Crippen LogP contribution in [0.2, 0.25) is 5.02 Å². The molecule has 0 amide bonds. The smallest absolute Gasteiger partial charge is 0.311 e. The Morgan fingerprint density at radius 2 is 1.73 bits per heavy atom. The van der Waals surface area contributed by atoms with Crippen LogP contribution in [0.5, 0.6) is 0 Å². The largest absolute Gasteiger partial charge is 0.463 e. The molecule has 0 radical (unpaired) electrons. The Labute approximate surface area is 182 Å². The van der Waals surface area contributed by atoms with E-state index in [0.29, 0.717) is 5.02 Å². The molecule has 0 spiro atoms. The lowest BCUT2D eigenvalue weighted by molar-refractivity contribution is -0.143. The maximum Gasteiger partial charge on any atom is 0.311 e. The van der Waals surface area contributed by atoms with E-state index in [-0.39, 0.29) is 31.0 Å². The highest BCUT2D eigenvalue weighted by atomic mass is 35.5. The summed E-state index contributed by atoms with van der Waals surface area (Å²) in [7, 11) is 0. The highest BCUT2D eigenvalue weighted by molar-refractivity contribution is 6.30. The third kappa shape index (κ3) is 4.03. The number of halogens is 1. The van der Waals surface area contributed by atoms with Crippen LogP contribution in [0.3, 0.4) is 0 Å². The Kier molecular flexibility index (Phi) is 5.72. The van der Waals surface area contributed by atoms with E-state index in [1.54, 1.807) is 0 Å². The van der Waals surface area contributed by atoms with Gasteiger partial charge in [0.05, 0.1) is 13.0 Å². The molecule has 0 atom stereocenters. The number of fused-ring (bicyclic) bond motifs is 1. The first-order chi connectivity index (χ1) is 14.4. The van der Waals surface area contributed by atoms with Crippen LogP contribution in [0.1, 0.15) is 25.2 Å². The zero-order chi connectivity index (χ0) is 21.3. The molecule has 0 unspecified atom stereocenters. The van der Waals surface area contributed by atoms with E-state index < -0.39 is 0 Å². The van der Waals surface area contributed by atoms with Gasteiger partial charge in [0.1, 0.15) is 6.61 Å². The van der Waals surface area contributed by atoms with Crippen LogP contribution in [0.4, 0.5) is 0 Å². The lowest BCUT2D eigenvalue weighted by atomic mass is 9.86. The molecule has 1 aliphatic heterocycles. The molecule has 1 aliphatic rings. The lowest BCUT2D eigenvalue weighted by Gasteiger charge is -2.19. The predicted molar refractivity (Wildman–Crippen MR) is 120 cm³/mol. The monoisotopic (exact) mass is 423 g/mol. The fourth-order valence-corrected chi connectivity index (χ4v) is 4.53. The van der Waals surface area contributed by atoms with Gasteiger partial charge in [-0.25, -0.2) is 0 Å². The minimum Gasteiger partial charge on any atom is -0.463 e. The predicted octanol–water partition coefficient (Wildman–Crippen LogP) is 5.14. The van der Waals surface area contributed by atoms with Crippen molar-refractivity contribution in [1.29, 1.82) is 0 Å². The van der Waals surface area contributed by atoms with Crippen LogP contribution >= 0.6 is 11.6 Å². The number of aliphatic hydroxyl groups is 1. The van der Waals surface area contributed by atoms with Crippen molar-refractivity contribution in [3.8, 4) is 22.3 Å². The van der Waals surface area contributed by atoms with E-state index in [1.165, 1.54) is 11.3 Å². The normalized spacial score (nSPS) is 14.5. The van der Waals surface area contributed by atoms with E-state index in [1.807, 2.05) is 42.5 Å². The summed E-state index contributed by atoms with van der Waals surface area (Å²) in [5.41, 5.74) is 6.72. The number of benzene rings is 2. The topological polar surface area (TPSA) is 51.5 Å². The van der Waals surface area contributed by atoms with Crippen molar-refractivity contribution < 1.29 is 14.6 Å². The molecular weight excluding hydrogens is 398 g/mol. The number of hydrogen-bond acceptors (Lipinski definition) is 3. The Bertz CT molecular complexity index is 1050. The van der Waals surface area contributed by atoms with Gasteiger partial charge in [0, 0.05) is 34.1 Å². The number of ether oxygens (including phenoxy) is 1. The van der Waals surface area contributed by atoms with Crippen molar-refractivity contribution in [3.05, 3.63) is 71.0 Å². The van der Waals surface area contributed by atoms with Gasteiger partial charge in [-0.2, -0.15) is 0 Å². The number of nitrogens with zero attached hydrogens (tertiary/aromatic N) is 1. The Hall–Kier alpha value is -2.56. The molecule has 0 saturated carbocycles. The summed E-state index contributed by atoms with van der Waals surface area (Å²) < 4.78 is 7.51. The molecule has 0 aliphatic carbocycles. The average Bonchev–Trinajstić information content (AvgIpc) is 3.18. The Balaban J connectivity index is 1.93. The summed E-state index contributed by atoms with van der Waals surface area (Å²) >= 11 is 6.15. The fraction of sp³-hybridized carbons (Fsp3) is 0.320. The standard InChI is InChI=1S/C25H26ClNO3/c1-25(2)15-21-24(17-6-4-3-5-7-17)23(18-8-10-19(26)11-9-18)20(27(21)16-25)14-22(29)30-13-12-28/h3-11,28H,12-16H2,1-2H3. The molecule has 4 nitrogen and oxygen atoms in total. The number of carbonyl (C=O) groups is 1. The molecule has 2 heterocycles. The van der Waals surface area contributed by atoms with Gasteiger partial charge >= 0.3 is 5.97 Å². The summed E-state index contributed by atoms with van der Waals surface area (Å²) in [4.78, 5) is 12.5. The summed E-state index contributed by atoms with van der Waals surface area (Å²) in [5.74, 6) is -0.330. The van der Waals surface area contributed by atoms with Crippen molar-refractivity contribution >= 4 is 17.6 Å². The first-order valence-corrected chi connectivity index (χ1v) is 10.6. The van der Waals surface area contributed by atoms with Crippen LogP contribution in [-0.4, -0.2) is 28.9 Å². The number of aliphatic hydroxyl groups excluding tert-OH is 1. The number of rotatable bonds is 6. The fourth-order valence-electron chi connectivity index (χ4n) is 4.41. The number of carbonyl (C=O) groups excluding carboxylic acids is 1. The summed E-state index contributed by atoms with van der Waals surface area (Å²) in [5, 5.41) is 9.70. The van der Waals surface area contributed by atoms with E-state index in [0.717, 1.165) is 35.3 Å². The molecule has 3 aromatic rings. The van der Waals surface area contributed by atoms with E-state index in [4.69, 9.17) is 21.4 Å². The number of hydrogen-bond donors (Lipinski definition) is 1. The second kappa shape index (κ2) is 8.29. The van der Waals surface area contributed by atoms with Gasteiger partial charge in [0.25, 0.3) is 0 Å². The van der Waals surface area contributed by atoms with E-state index in [2.05, 4.69) is 30.5 Å². The molecular formula is C25H26ClNO3. The highest BCUT2D eigenvalue weighted by Gasteiger charge is 2.36. The molecule has 0 saturated heterocycles. The lowest BCUT2D eigenvalue weighted by Crippen LogP contribution is -2.17. The third-order valence-electron chi connectivity index (χ3n) is 5.57. The minimum atomic E-state index is -0.330.